The fourth-order valence-electron chi connectivity index (χ4n) is 2.77. The largest absolute Gasteiger partial charge is 0.467 e. The van der Waals surface area contributed by atoms with Crippen LogP contribution in [0.5, 0.6) is 5.75 Å². The van der Waals surface area contributed by atoms with Crippen LogP contribution >= 0.6 is 0 Å². The molecule has 118 valence electrons. The molecule has 0 aliphatic carbocycles. The molecule has 3 aromatic rings. The van der Waals surface area contributed by atoms with Gasteiger partial charge >= 0.3 is 0 Å². The van der Waals surface area contributed by atoms with E-state index in [1.54, 1.807) is 0 Å². The Balaban J connectivity index is 1.51. The van der Waals surface area contributed by atoms with Crippen LogP contribution in [0.15, 0.2) is 30.7 Å². The van der Waals surface area contributed by atoms with E-state index in [-0.39, 0.29) is 12.6 Å². The summed E-state index contributed by atoms with van der Waals surface area (Å²) in [6.07, 6.45) is 3.95. The smallest absolute Gasteiger partial charge is 0.189 e. The van der Waals surface area contributed by atoms with E-state index in [0.717, 1.165) is 33.7 Å². The third-order valence-electron chi connectivity index (χ3n) is 3.79. The van der Waals surface area contributed by atoms with Crippen LogP contribution in [-0.4, -0.2) is 28.3 Å². The van der Waals surface area contributed by atoms with Gasteiger partial charge in [0.15, 0.2) is 6.79 Å². The van der Waals surface area contributed by atoms with E-state index in [9.17, 15) is 4.39 Å². The lowest BCUT2D eigenvalue weighted by Gasteiger charge is -2.21. The molecule has 1 aliphatic heterocycles. The van der Waals surface area contributed by atoms with Crippen LogP contribution in [0.2, 0.25) is 0 Å². The van der Waals surface area contributed by atoms with E-state index in [0.29, 0.717) is 19.6 Å². The van der Waals surface area contributed by atoms with Gasteiger partial charge in [-0.15, -0.1) is 0 Å². The molecule has 23 heavy (non-hydrogen) atoms. The van der Waals surface area contributed by atoms with E-state index < -0.39 is 0 Å². The molecule has 4 rings (SSSR count). The Morgan fingerprint density at radius 1 is 1.30 bits per heavy atom. The topological polar surface area (TPSA) is 72.1 Å². The summed E-state index contributed by atoms with van der Waals surface area (Å²) in [6.45, 7) is 1.19. The lowest BCUT2D eigenvalue weighted by molar-refractivity contribution is -0.0172. The molecule has 1 aliphatic rings. The van der Waals surface area contributed by atoms with Crippen LogP contribution in [0.3, 0.4) is 0 Å². The van der Waals surface area contributed by atoms with Gasteiger partial charge in [0, 0.05) is 18.3 Å². The zero-order chi connectivity index (χ0) is 15.6. The SMILES string of the molecule is Fc1cc(CCNc2ncnc3[nH]ccc23)c2c(c1)COCO2. The van der Waals surface area contributed by atoms with Gasteiger partial charge in [-0.3, -0.25) is 0 Å². The van der Waals surface area contributed by atoms with Crippen LogP contribution < -0.4 is 10.1 Å². The van der Waals surface area contributed by atoms with Crippen molar-refractivity contribution >= 4 is 16.9 Å². The summed E-state index contributed by atoms with van der Waals surface area (Å²) >= 11 is 0. The third kappa shape index (κ3) is 2.70. The molecule has 0 atom stereocenters. The summed E-state index contributed by atoms with van der Waals surface area (Å²) in [4.78, 5) is 11.4. The fourth-order valence-corrected chi connectivity index (χ4v) is 2.77. The minimum Gasteiger partial charge on any atom is -0.467 e. The average molecular weight is 314 g/mol. The first-order valence-electron chi connectivity index (χ1n) is 7.35. The maximum atomic E-state index is 13.7. The summed E-state index contributed by atoms with van der Waals surface area (Å²) < 4.78 is 24.4. The lowest BCUT2D eigenvalue weighted by atomic mass is 10.1. The highest BCUT2D eigenvalue weighted by Crippen LogP contribution is 2.29. The molecule has 0 bridgehead atoms. The Morgan fingerprint density at radius 2 is 2.26 bits per heavy atom. The van der Waals surface area contributed by atoms with Crippen molar-refractivity contribution < 1.29 is 13.9 Å². The highest BCUT2D eigenvalue weighted by atomic mass is 19.1. The lowest BCUT2D eigenvalue weighted by Crippen LogP contribution is -2.15. The second-order valence-corrected chi connectivity index (χ2v) is 5.30. The molecule has 0 spiro atoms. The molecule has 0 saturated carbocycles. The molecule has 0 saturated heterocycles. The van der Waals surface area contributed by atoms with Gasteiger partial charge in [-0.05, 0) is 30.2 Å². The summed E-state index contributed by atoms with van der Waals surface area (Å²) in [5.74, 6) is 1.21. The Bertz CT molecular complexity index is 849. The number of nitrogens with one attached hydrogen (secondary N) is 2. The van der Waals surface area contributed by atoms with Crippen LogP contribution in [0, 0.1) is 5.82 Å². The van der Waals surface area contributed by atoms with Crippen LogP contribution in [0.4, 0.5) is 10.2 Å². The second kappa shape index (κ2) is 5.85. The number of H-pyrrole nitrogens is 1. The first-order chi connectivity index (χ1) is 11.3. The number of ether oxygens (including phenoxy) is 2. The summed E-state index contributed by atoms with van der Waals surface area (Å²) in [6, 6.07) is 4.89. The minimum absolute atomic E-state index is 0.203. The van der Waals surface area contributed by atoms with Gasteiger partial charge in [0.25, 0.3) is 0 Å². The quantitative estimate of drug-likeness (QED) is 0.774. The van der Waals surface area contributed by atoms with Gasteiger partial charge in [-0.1, -0.05) is 0 Å². The van der Waals surface area contributed by atoms with Crippen molar-refractivity contribution in [2.75, 3.05) is 18.7 Å². The van der Waals surface area contributed by atoms with E-state index in [1.807, 2.05) is 12.3 Å². The number of benzene rings is 1. The Kier molecular flexibility index (Phi) is 3.55. The second-order valence-electron chi connectivity index (χ2n) is 5.30. The highest BCUT2D eigenvalue weighted by molar-refractivity contribution is 5.86. The molecule has 3 heterocycles. The maximum Gasteiger partial charge on any atom is 0.189 e. The average Bonchev–Trinajstić information content (AvgIpc) is 3.04. The van der Waals surface area contributed by atoms with Crippen molar-refractivity contribution in [3.63, 3.8) is 0 Å². The van der Waals surface area contributed by atoms with E-state index in [4.69, 9.17) is 9.47 Å². The van der Waals surface area contributed by atoms with Crippen molar-refractivity contribution in [3.8, 4) is 5.75 Å². The molecule has 2 N–H and O–H groups in total. The standard InChI is InChI=1S/C16H15FN4O2/c17-12-5-10(14-11(6-12)7-22-9-23-14)1-3-18-15-13-2-4-19-16(13)21-8-20-15/h2,4-6,8H,1,3,7,9H2,(H2,18,19,20,21). The van der Waals surface area contributed by atoms with Gasteiger partial charge in [-0.2, -0.15) is 0 Å². The first kappa shape index (κ1) is 14.0. The summed E-state index contributed by atoms with van der Waals surface area (Å²) in [5, 5.41) is 4.20. The first-order valence-corrected chi connectivity index (χ1v) is 7.35. The van der Waals surface area contributed by atoms with Crippen molar-refractivity contribution in [2.24, 2.45) is 0 Å². The highest BCUT2D eigenvalue weighted by Gasteiger charge is 2.16. The van der Waals surface area contributed by atoms with Gasteiger partial charge in [0.2, 0.25) is 0 Å². The molecular formula is C16H15FN4O2. The molecule has 0 fully saturated rings. The van der Waals surface area contributed by atoms with E-state index >= 15 is 0 Å². The van der Waals surface area contributed by atoms with Crippen LogP contribution in [0.25, 0.3) is 11.0 Å². The normalized spacial score (nSPS) is 13.6. The zero-order valence-electron chi connectivity index (χ0n) is 12.3. The zero-order valence-corrected chi connectivity index (χ0v) is 12.3. The van der Waals surface area contributed by atoms with Crippen molar-refractivity contribution in [2.45, 2.75) is 13.0 Å². The fraction of sp³-hybridized carbons (Fsp3) is 0.250. The predicted octanol–water partition coefficient (Wildman–Crippen LogP) is 2.62. The molecule has 0 amide bonds. The van der Waals surface area contributed by atoms with Crippen LogP contribution in [-0.2, 0) is 17.8 Å². The molecular weight excluding hydrogens is 299 g/mol. The Morgan fingerprint density at radius 3 is 3.22 bits per heavy atom. The van der Waals surface area contributed by atoms with Crippen molar-refractivity contribution in [3.05, 3.63) is 47.7 Å². The summed E-state index contributed by atoms with van der Waals surface area (Å²) in [5.41, 5.74) is 2.36. The predicted molar refractivity (Wildman–Crippen MR) is 82.8 cm³/mol. The molecule has 0 unspecified atom stereocenters. The number of hydrogen-bond donors (Lipinski definition) is 2. The van der Waals surface area contributed by atoms with Crippen LogP contribution in [0.1, 0.15) is 11.1 Å². The number of fused-ring (bicyclic) bond motifs is 2. The van der Waals surface area contributed by atoms with Crippen molar-refractivity contribution in [1.82, 2.24) is 15.0 Å². The summed E-state index contributed by atoms with van der Waals surface area (Å²) in [7, 11) is 0. The number of rotatable bonds is 4. The van der Waals surface area contributed by atoms with Gasteiger partial charge in [0.1, 0.15) is 29.4 Å². The van der Waals surface area contributed by atoms with E-state index in [2.05, 4.69) is 20.3 Å². The number of aromatic amines is 1. The molecule has 2 aromatic heterocycles. The molecule has 7 heteroatoms. The Labute approximate surface area is 131 Å². The number of aromatic nitrogens is 3. The van der Waals surface area contributed by atoms with E-state index in [1.165, 1.54) is 18.5 Å². The van der Waals surface area contributed by atoms with Crippen molar-refractivity contribution in [1.29, 1.82) is 0 Å². The number of nitrogens with zero attached hydrogens (tertiary/aromatic N) is 2. The van der Waals surface area contributed by atoms with Gasteiger partial charge < -0.3 is 19.8 Å². The van der Waals surface area contributed by atoms with Gasteiger partial charge in [-0.25, -0.2) is 14.4 Å². The molecule has 6 nitrogen and oxygen atoms in total. The maximum absolute atomic E-state index is 13.7. The molecule has 1 aromatic carbocycles. The number of hydrogen-bond acceptors (Lipinski definition) is 5. The molecule has 0 radical (unpaired) electrons. The minimum atomic E-state index is -0.275. The van der Waals surface area contributed by atoms with Gasteiger partial charge in [0.05, 0.1) is 12.0 Å². The monoisotopic (exact) mass is 314 g/mol. The number of anilines is 1. The number of halogens is 1. The third-order valence-corrected chi connectivity index (χ3v) is 3.79. The Hall–Kier alpha value is -2.67.